The molecule has 3 nitrogen and oxygen atoms in total. The monoisotopic (exact) mass is 207 g/mol. The summed E-state index contributed by atoms with van der Waals surface area (Å²) in [4.78, 5) is 7.28. The lowest BCUT2D eigenvalue weighted by atomic mass is 10.2. The summed E-state index contributed by atoms with van der Waals surface area (Å²) in [5.41, 5.74) is 2.15. The molecule has 0 saturated carbocycles. The van der Waals surface area contributed by atoms with Gasteiger partial charge in [-0.3, -0.25) is 4.98 Å². The van der Waals surface area contributed by atoms with Gasteiger partial charge >= 0.3 is 0 Å². The van der Waals surface area contributed by atoms with Crippen LogP contribution in [0.4, 0.5) is 0 Å². The quantitative estimate of drug-likeness (QED) is 0.768. The first-order chi connectivity index (χ1) is 6.68. The van der Waals surface area contributed by atoms with E-state index in [0.717, 1.165) is 22.3 Å². The van der Waals surface area contributed by atoms with Crippen molar-refractivity contribution in [3.05, 3.63) is 23.2 Å². The van der Waals surface area contributed by atoms with E-state index < -0.39 is 0 Å². The van der Waals surface area contributed by atoms with Crippen LogP contribution >= 0.6 is 12.2 Å². The zero-order valence-electron chi connectivity index (χ0n) is 8.32. The summed E-state index contributed by atoms with van der Waals surface area (Å²) < 4.78 is 2.88. The van der Waals surface area contributed by atoms with E-state index in [2.05, 4.69) is 28.4 Å². The SMILES string of the molecule is CC(C)Cn1c(=S)[nH]c2ccncc21. The number of fused-ring (bicyclic) bond motifs is 1. The molecule has 0 aromatic carbocycles. The second-order valence-corrected chi connectivity index (χ2v) is 4.21. The molecule has 0 aliphatic carbocycles. The van der Waals surface area contributed by atoms with Gasteiger partial charge in [-0.1, -0.05) is 13.8 Å². The highest BCUT2D eigenvalue weighted by atomic mass is 32.1. The molecule has 0 unspecified atom stereocenters. The van der Waals surface area contributed by atoms with Crippen LogP contribution in [0.3, 0.4) is 0 Å². The number of aromatic amines is 1. The van der Waals surface area contributed by atoms with Gasteiger partial charge in [0.25, 0.3) is 0 Å². The van der Waals surface area contributed by atoms with E-state index in [1.165, 1.54) is 0 Å². The minimum atomic E-state index is 0.584. The van der Waals surface area contributed by atoms with E-state index in [4.69, 9.17) is 12.2 Å². The van der Waals surface area contributed by atoms with Crippen LogP contribution in [0.25, 0.3) is 11.0 Å². The molecule has 0 aliphatic rings. The van der Waals surface area contributed by atoms with Gasteiger partial charge in [0.2, 0.25) is 0 Å². The van der Waals surface area contributed by atoms with Crippen molar-refractivity contribution >= 4 is 23.3 Å². The largest absolute Gasteiger partial charge is 0.330 e. The summed E-state index contributed by atoms with van der Waals surface area (Å²) in [5, 5.41) is 0. The molecule has 0 amide bonds. The molecule has 2 rings (SSSR count). The zero-order chi connectivity index (χ0) is 10.1. The summed E-state index contributed by atoms with van der Waals surface area (Å²) in [7, 11) is 0. The van der Waals surface area contributed by atoms with Crippen LogP contribution in [0.5, 0.6) is 0 Å². The fourth-order valence-corrected chi connectivity index (χ4v) is 1.83. The average Bonchev–Trinajstić information content (AvgIpc) is 2.43. The maximum absolute atomic E-state index is 5.25. The van der Waals surface area contributed by atoms with Crippen molar-refractivity contribution in [3.8, 4) is 0 Å². The topological polar surface area (TPSA) is 33.6 Å². The van der Waals surface area contributed by atoms with Gasteiger partial charge < -0.3 is 9.55 Å². The number of hydrogen-bond donors (Lipinski definition) is 1. The maximum Gasteiger partial charge on any atom is 0.178 e. The first-order valence-electron chi connectivity index (χ1n) is 4.71. The number of rotatable bonds is 2. The Morgan fingerprint density at radius 2 is 2.36 bits per heavy atom. The Hall–Kier alpha value is -1.16. The molecule has 0 bridgehead atoms. The second-order valence-electron chi connectivity index (χ2n) is 3.83. The molecule has 2 aromatic heterocycles. The minimum Gasteiger partial charge on any atom is -0.330 e. The van der Waals surface area contributed by atoms with Crippen LogP contribution in [0, 0.1) is 10.7 Å². The van der Waals surface area contributed by atoms with Gasteiger partial charge in [-0.05, 0) is 24.2 Å². The summed E-state index contributed by atoms with van der Waals surface area (Å²) in [6.07, 6.45) is 3.62. The molecule has 1 N–H and O–H groups in total. The third-order valence-corrected chi connectivity index (χ3v) is 2.45. The van der Waals surface area contributed by atoms with Crippen molar-refractivity contribution in [2.45, 2.75) is 20.4 Å². The van der Waals surface area contributed by atoms with Gasteiger partial charge in [-0.15, -0.1) is 0 Å². The van der Waals surface area contributed by atoms with Crippen LogP contribution in [-0.2, 0) is 6.54 Å². The molecule has 74 valence electrons. The van der Waals surface area contributed by atoms with E-state index in [1.807, 2.05) is 12.3 Å². The number of nitrogens with zero attached hydrogens (tertiary/aromatic N) is 2. The van der Waals surface area contributed by atoms with E-state index in [0.29, 0.717) is 5.92 Å². The molecule has 14 heavy (non-hydrogen) atoms. The van der Waals surface area contributed by atoms with Crippen molar-refractivity contribution in [1.82, 2.24) is 14.5 Å². The van der Waals surface area contributed by atoms with Crippen LogP contribution < -0.4 is 0 Å². The first kappa shape index (κ1) is 9.40. The number of aromatic nitrogens is 3. The van der Waals surface area contributed by atoms with Gasteiger partial charge in [0.15, 0.2) is 4.77 Å². The lowest BCUT2D eigenvalue weighted by Gasteiger charge is -2.06. The van der Waals surface area contributed by atoms with E-state index >= 15 is 0 Å². The van der Waals surface area contributed by atoms with Crippen molar-refractivity contribution in [1.29, 1.82) is 0 Å². The van der Waals surface area contributed by atoms with Crippen LogP contribution in [0.15, 0.2) is 18.5 Å². The first-order valence-corrected chi connectivity index (χ1v) is 5.12. The minimum absolute atomic E-state index is 0.584. The normalized spacial score (nSPS) is 11.4. The summed E-state index contributed by atoms with van der Waals surface area (Å²) in [6, 6.07) is 1.95. The fraction of sp³-hybridized carbons (Fsp3) is 0.400. The molecule has 0 radical (unpaired) electrons. The molecule has 0 atom stereocenters. The lowest BCUT2D eigenvalue weighted by molar-refractivity contribution is 0.528. The molecule has 0 aliphatic heterocycles. The molecule has 0 spiro atoms. The van der Waals surface area contributed by atoms with Crippen molar-refractivity contribution < 1.29 is 0 Å². The van der Waals surface area contributed by atoms with Crippen molar-refractivity contribution in [2.75, 3.05) is 0 Å². The molecule has 4 heteroatoms. The standard InChI is InChI=1S/C10H13N3S/c1-7(2)6-13-9-5-11-4-3-8(9)12-10(13)14/h3-5,7H,6H2,1-2H3,(H,12,14). The van der Waals surface area contributed by atoms with Gasteiger partial charge in [-0.25, -0.2) is 0 Å². The van der Waals surface area contributed by atoms with Gasteiger partial charge in [0, 0.05) is 12.7 Å². The Bertz CT molecular complexity index is 495. The smallest absolute Gasteiger partial charge is 0.178 e. The Balaban J connectivity index is 2.62. The van der Waals surface area contributed by atoms with Crippen molar-refractivity contribution in [3.63, 3.8) is 0 Å². The number of H-pyrrole nitrogens is 1. The Morgan fingerprint density at radius 1 is 1.57 bits per heavy atom. The number of hydrogen-bond acceptors (Lipinski definition) is 2. The third-order valence-electron chi connectivity index (χ3n) is 2.13. The molecule has 2 heterocycles. The second kappa shape index (κ2) is 3.53. The Labute approximate surface area is 87.8 Å². The van der Waals surface area contributed by atoms with E-state index in [1.54, 1.807) is 6.20 Å². The molecule has 0 fully saturated rings. The Morgan fingerprint density at radius 3 is 3.07 bits per heavy atom. The lowest BCUT2D eigenvalue weighted by Crippen LogP contribution is -2.04. The maximum atomic E-state index is 5.25. The van der Waals surface area contributed by atoms with Crippen LogP contribution in [0.1, 0.15) is 13.8 Å². The third kappa shape index (κ3) is 1.57. The molecule has 2 aromatic rings. The molecular weight excluding hydrogens is 194 g/mol. The van der Waals surface area contributed by atoms with Gasteiger partial charge in [0.05, 0.1) is 17.2 Å². The zero-order valence-corrected chi connectivity index (χ0v) is 9.14. The highest BCUT2D eigenvalue weighted by Gasteiger charge is 2.04. The number of imidazole rings is 1. The van der Waals surface area contributed by atoms with Gasteiger partial charge in [-0.2, -0.15) is 0 Å². The molecular formula is C10H13N3S. The van der Waals surface area contributed by atoms with Gasteiger partial charge in [0.1, 0.15) is 0 Å². The predicted octanol–water partition coefficient (Wildman–Crippen LogP) is 2.75. The highest BCUT2D eigenvalue weighted by molar-refractivity contribution is 7.71. The number of pyridine rings is 1. The highest BCUT2D eigenvalue weighted by Crippen LogP contribution is 2.13. The van der Waals surface area contributed by atoms with E-state index in [9.17, 15) is 0 Å². The van der Waals surface area contributed by atoms with Crippen LogP contribution in [0.2, 0.25) is 0 Å². The average molecular weight is 207 g/mol. The fourth-order valence-electron chi connectivity index (χ4n) is 1.55. The number of nitrogens with one attached hydrogen (secondary N) is 1. The molecule has 0 saturated heterocycles. The predicted molar refractivity (Wildman–Crippen MR) is 59.8 cm³/mol. The van der Waals surface area contributed by atoms with E-state index in [-0.39, 0.29) is 0 Å². The summed E-state index contributed by atoms with van der Waals surface area (Å²) in [6.45, 7) is 5.29. The summed E-state index contributed by atoms with van der Waals surface area (Å²) >= 11 is 5.25. The summed E-state index contributed by atoms with van der Waals surface area (Å²) in [5.74, 6) is 0.584. The van der Waals surface area contributed by atoms with Crippen molar-refractivity contribution in [2.24, 2.45) is 5.92 Å². The van der Waals surface area contributed by atoms with Crippen LogP contribution in [-0.4, -0.2) is 14.5 Å². The Kier molecular flexibility index (Phi) is 2.37.